The highest BCUT2D eigenvalue weighted by atomic mass is 16.5. The summed E-state index contributed by atoms with van der Waals surface area (Å²) in [5.41, 5.74) is 1.25. The molecule has 1 amide bonds. The lowest BCUT2D eigenvalue weighted by atomic mass is 10.3. The maximum atomic E-state index is 10.5. The average molecular weight is 204 g/mol. The number of nitrogens with one attached hydrogen (secondary N) is 2. The number of amides is 1. The van der Waals surface area contributed by atoms with Crippen molar-refractivity contribution in [1.29, 1.82) is 0 Å². The predicted molar refractivity (Wildman–Crippen MR) is 48.9 cm³/mol. The summed E-state index contributed by atoms with van der Waals surface area (Å²) in [5.74, 6) is 0.104. The van der Waals surface area contributed by atoms with Crippen LogP contribution in [0, 0.1) is 0 Å². The van der Waals surface area contributed by atoms with E-state index in [1.807, 2.05) is 0 Å². The second-order valence-electron chi connectivity index (χ2n) is 2.87. The number of ketones is 1. The molecule has 1 aliphatic rings. The maximum Gasteiger partial charge on any atom is 0.230 e. The molecule has 1 atom stereocenters. The lowest BCUT2D eigenvalue weighted by Gasteiger charge is -2.07. The van der Waals surface area contributed by atoms with Gasteiger partial charge in [-0.25, -0.2) is 5.48 Å². The molecule has 1 fully saturated rings. The fourth-order valence-electron chi connectivity index (χ4n) is 1.01. The molecule has 0 aromatic heterocycles. The molecule has 3 N–H and O–H groups in total. The molecule has 0 aliphatic carbocycles. The molecule has 1 heterocycles. The van der Waals surface area contributed by atoms with Gasteiger partial charge in [-0.1, -0.05) is 0 Å². The van der Waals surface area contributed by atoms with E-state index >= 15 is 0 Å². The Morgan fingerprint density at radius 1 is 1.79 bits per heavy atom. The van der Waals surface area contributed by atoms with E-state index in [1.165, 1.54) is 5.48 Å². The normalized spacial score (nSPS) is 19.4. The summed E-state index contributed by atoms with van der Waals surface area (Å²) in [6.45, 7) is 3.73. The van der Waals surface area contributed by atoms with Crippen LogP contribution >= 0.6 is 0 Å². The largest absolute Gasteiger partial charge is 0.369 e. The van der Waals surface area contributed by atoms with Crippen molar-refractivity contribution < 1.29 is 19.5 Å². The van der Waals surface area contributed by atoms with Crippen LogP contribution in [0.2, 0.25) is 0 Å². The number of hydrogen-bond donors (Lipinski definition) is 3. The van der Waals surface area contributed by atoms with Crippen LogP contribution in [0.25, 0.3) is 0 Å². The fraction of sp³-hybridized carbons (Fsp3) is 0.750. The van der Waals surface area contributed by atoms with Gasteiger partial charge in [0.25, 0.3) is 0 Å². The third-order valence-corrected chi connectivity index (χ3v) is 1.59. The monoisotopic (exact) mass is 204 g/mol. The molecule has 0 aromatic carbocycles. The van der Waals surface area contributed by atoms with E-state index in [0.717, 1.165) is 19.5 Å². The van der Waals surface area contributed by atoms with Gasteiger partial charge in [-0.15, -0.1) is 0 Å². The molecule has 6 nitrogen and oxygen atoms in total. The number of hydroxylamine groups is 1. The molecule has 1 rings (SSSR count). The zero-order valence-corrected chi connectivity index (χ0v) is 8.16. The van der Waals surface area contributed by atoms with E-state index in [-0.39, 0.29) is 24.9 Å². The molecule has 0 bridgehead atoms. The smallest absolute Gasteiger partial charge is 0.230 e. The molecule has 1 aliphatic heterocycles. The van der Waals surface area contributed by atoms with Gasteiger partial charge in [0.05, 0.1) is 6.10 Å². The lowest BCUT2D eigenvalue weighted by Crippen LogP contribution is -2.19. The summed E-state index contributed by atoms with van der Waals surface area (Å²) in [7, 11) is 0. The van der Waals surface area contributed by atoms with Crippen molar-refractivity contribution in [2.75, 3.05) is 19.7 Å². The topological polar surface area (TPSA) is 87.7 Å². The first-order valence-corrected chi connectivity index (χ1v) is 4.35. The van der Waals surface area contributed by atoms with E-state index in [0.29, 0.717) is 0 Å². The predicted octanol–water partition coefficient (Wildman–Crippen LogP) is -0.924. The Hall–Kier alpha value is -0.980. The second-order valence-corrected chi connectivity index (χ2v) is 2.87. The summed E-state index contributed by atoms with van der Waals surface area (Å²) in [6.07, 6.45) is 1.48. The van der Waals surface area contributed by atoms with Crippen molar-refractivity contribution >= 4 is 12.2 Å². The highest BCUT2D eigenvalue weighted by Gasteiger charge is 2.14. The number of hydrogen-bond acceptors (Lipinski definition) is 5. The second kappa shape index (κ2) is 8.61. The SMILES string of the molecule is CC(=O)COC1CCNC1.O=CNO. The molecular weight excluding hydrogens is 188 g/mol. The van der Waals surface area contributed by atoms with Gasteiger partial charge in [-0.2, -0.15) is 0 Å². The van der Waals surface area contributed by atoms with Gasteiger partial charge < -0.3 is 10.1 Å². The molecule has 1 unspecified atom stereocenters. The van der Waals surface area contributed by atoms with Crippen LogP contribution in [0.4, 0.5) is 0 Å². The minimum absolute atomic E-state index is 0.104. The zero-order chi connectivity index (χ0) is 10.8. The van der Waals surface area contributed by atoms with Gasteiger partial charge in [0.2, 0.25) is 6.41 Å². The molecule has 0 saturated carbocycles. The lowest BCUT2D eigenvalue weighted by molar-refractivity contribution is -0.123. The van der Waals surface area contributed by atoms with E-state index < -0.39 is 0 Å². The van der Waals surface area contributed by atoms with Crippen molar-refractivity contribution in [3.05, 3.63) is 0 Å². The third-order valence-electron chi connectivity index (χ3n) is 1.59. The van der Waals surface area contributed by atoms with Gasteiger partial charge in [-0.05, 0) is 19.9 Å². The standard InChI is InChI=1S/C7H13NO2.CH3NO2/c1-6(9)5-10-7-2-3-8-4-7;3-1-2-4/h7-8H,2-5H2,1H3;1,4H,(H,2,3). The Labute approximate surface area is 82.6 Å². The maximum absolute atomic E-state index is 10.5. The van der Waals surface area contributed by atoms with Gasteiger partial charge in [0.15, 0.2) is 5.78 Å². The Kier molecular flexibility index (Phi) is 8.01. The number of carbonyl (C=O) groups excluding carboxylic acids is 2. The number of ether oxygens (including phenoxy) is 1. The Morgan fingerprint density at radius 2 is 2.43 bits per heavy atom. The van der Waals surface area contributed by atoms with Gasteiger partial charge >= 0.3 is 0 Å². The summed E-state index contributed by atoms with van der Waals surface area (Å²) in [6, 6.07) is 0. The third kappa shape index (κ3) is 7.66. The number of Topliss-reactive ketones (excluding diaryl/α,β-unsaturated/α-hetero) is 1. The summed E-state index contributed by atoms with van der Waals surface area (Å²) < 4.78 is 5.25. The van der Waals surface area contributed by atoms with Crippen LogP contribution in [0.3, 0.4) is 0 Å². The molecule has 82 valence electrons. The number of carbonyl (C=O) groups is 2. The van der Waals surface area contributed by atoms with E-state index in [2.05, 4.69) is 5.32 Å². The van der Waals surface area contributed by atoms with Crippen LogP contribution in [-0.2, 0) is 14.3 Å². The van der Waals surface area contributed by atoms with Crippen molar-refractivity contribution in [2.45, 2.75) is 19.4 Å². The first kappa shape index (κ1) is 13.0. The molecule has 6 heteroatoms. The summed E-state index contributed by atoms with van der Waals surface area (Å²) in [4.78, 5) is 19.3. The molecular formula is C8H16N2O4. The Bertz CT molecular complexity index is 169. The van der Waals surface area contributed by atoms with E-state index in [1.54, 1.807) is 6.92 Å². The molecule has 0 radical (unpaired) electrons. The van der Waals surface area contributed by atoms with E-state index in [9.17, 15) is 4.79 Å². The quantitative estimate of drug-likeness (QED) is 0.313. The van der Waals surface area contributed by atoms with Crippen LogP contribution in [0.5, 0.6) is 0 Å². The highest BCUT2D eigenvalue weighted by Crippen LogP contribution is 2.01. The first-order chi connectivity index (χ1) is 6.70. The van der Waals surface area contributed by atoms with Crippen molar-refractivity contribution in [3.63, 3.8) is 0 Å². The molecule has 0 spiro atoms. The first-order valence-electron chi connectivity index (χ1n) is 4.35. The molecule has 1 saturated heterocycles. The summed E-state index contributed by atoms with van der Waals surface area (Å²) in [5, 5.41) is 10.4. The van der Waals surface area contributed by atoms with Crippen LogP contribution in [0.15, 0.2) is 0 Å². The Balaban J connectivity index is 0.000000364. The van der Waals surface area contributed by atoms with Gasteiger partial charge in [-0.3, -0.25) is 14.8 Å². The van der Waals surface area contributed by atoms with Crippen molar-refractivity contribution in [3.8, 4) is 0 Å². The van der Waals surface area contributed by atoms with Gasteiger partial charge in [0, 0.05) is 6.54 Å². The minimum Gasteiger partial charge on any atom is -0.369 e. The summed E-state index contributed by atoms with van der Waals surface area (Å²) >= 11 is 0. The van der Waals surface area contributed by atoms with E-state index in [4.69, 9.17) is 14.7 Å². The molecule has 0 aromatic rings. The minimum atomic E-state index is 0.104. The van der Waals surface area contributed by atoms with Crippen LogP contribution in [-0.4, -0.2) is 43.2 Å². The zero-order valence-electron chi connectivity index (χ0n) is 8.16. The molecule has 14 heavy (non-hydrogen) atoms. The van der Waals surface area contributed by atoms with Crippen molar-refractivity contribution in [2.24, 2.45) is 0 Å². The highest BCUT2D eigenvalue weighted by molar-refractivity contribution is 5.76. The van der Waals surface area contributed by atoms with Crippen LogP contribution in [0.1, 0.15) is 13.3 Å². The fourth-order valence-corrected chi connectivity index (χ4v) is 1.01. The average Bonchev–Trinajstić information content (AvgIpc) is 2.67. The van der Waals surface area contributed by atoms with Crippen LogP contribution < -0.4 is 10.8 Å². The Morgan fingerprint density at radius 3 is 2.79 bits per heavy atom. The van der Waals surface area contributed by atoms with Crippen molar-refractivity contribution in [1.82, 2.24) is 10.8 Å². The number of rotatable bonds is 4. The van der Waals surface area contributed by atoms with Gasteiger partial charge in [0.1, 0.15) is 6.61 Å².